The lowest BCUT2D eigenvalue weighted by molar-refractivity contribution is 0.0947. The molecule has 0 bridgehead atoms. The van der Waals surface area contributed by atoms with Gasteiger partial charge in [0, 0.05) is 20.1 Å². The van der Waals surface area contributed by atoms with Gasteiger partial charge in [-0.1, -0.05) is 0 Å². The predicted octanol–water partition coefficient (Wildman–Crippen LogP) is -0.136. The third-order valence-corrected chi connectivity index (χ3v) is 3.04. The molecule has 0 aromatic carbocycles. The Balaban J connectivity index is 2.14. The van der Waals surface area contributed by atoms with E-state index in [2.05, 4.69) is 10.1 Å². The predicted molar refractivity (Wildman–Crippen MR) is 51.7 cm³/mol. The standard InChI is InChI=1S/C9H16N4O/c1-7-9(10,3-4-14-7)5-8-11-6-12-13(8)2/h6-7H,3-5,10H2,1-2H3. The van der Waals surface area contributed by atoms with Crippen LogP contribution in [-0.4, -0.2) is 33.0 Å². The van der Waals surface area contributed by atoms with E-state index in [4.69, 9.17) is 10.5 Å². The number of nitrogens with two attached hydrogens (primary N) is 1. The van der Waals surface area contributed by atoms with E-state index in [-0.39, 0.29) is 11.6 Å². The van der Waals surface area contributed by atoms with Crippen molar-refractivity contribution in [1.82, 2.24) is 14.8 Å². The van der Waals surface area contributed by atoms with Gasteiger partial charge in [0.1, 0.15) is 12.2 Å². The van der Waals surface area contributed by atoms with Gasteiger partial charge in [-0.15, -0.1) is 0 Å². The summed E-state index contributed by atoms with van der Waals surface area (Å²) in [6.45, 7) is 2.76. The van der Waals surface area contributed by atoms with Gasteiger partial charge in [-0.3, -0.25) is 4.68 Å². The Hall–Kier alpha value is -0.940. The van der Waals surface area contributed by atoms with Gasteiger partial charge in [0.15, 0.2) is 0 Å². The first kappa shape index (κ1) is 9.61. The summed E-state index contributed by atoms with van der Waals surface area (Å²) in [6.07, 6.45) is 3.27. The fourth-order valence-corrected chi connectivity index (χ4v) is 1.80. The minimum Gasteiger partial charge on any atom is -0.377 e. The zero-order chi connectivity index (χ0) is 10.2. The summed E-state index contributed by atoms with van der Waals surface area (Å²) >= 11 is 0. The van der Waals surface area contributed by atoms with Crippen molar-refractivity contribution in [3.8, 4) is 0 Å². The van der Waals surface area contributed by atoms with Crippen LogP contribution in [-0.2, 0) is 18.2 Å². The van der Waals surface area contributed by atoms with Crippen LogP contribution in [0.5, 0.6) is 0 Å². The largest absolute Gasteiger partial charge is 0.377 e. The molecule has 0 spiro atoms. The molecular weight excluding hydrogens is 180 g/mol. The van der Waals surface area contributed by atoms with E-state index in [1.165, 1.54) is 0 Å². The SMILES string of the molecule is CC1OCCC1(N)Cc1ncnn1C. The molecule has 1 aromatic rings. The molecule has 5 heteroatoms. The number of ether oxygens (including phenoxy) is 1. The molecule has 2 heterocycles. The molecule has 0 radical (unpaired) electrons. The first-order chi connectivity index (χ1) is 6.62. The lowest BCUT2D eigenvalue weighted by Gasteiger charge is -2.26. The maximum Gasteiger partial charge on any atom is 0.138 e. The Labute approximate surface area is 83.3 Å². The van der Waals surface area contributed by atoms with Crippen LogP contribution in [0.3, 0.4) is 0 Å². The summed E-state index contributed by atoms with van der Waals surface area (Å²) in [5.41, 5.74) is 5.98. The second-order valence-corrected chi connectivity index (χ2v) is 3.97. The Morgan fingerprint density at radius 1 is 1.79 bits per heavy atom. The normalized spacial score (nSPS) is 32.4. The summed E-state index contributed by atoms with van der Waals surface area (Å²) in [4.78, 5) is 4.18. The van der Waals surface area contributed by atoms with Gasteiger partial charge in [-0.25, -0.2) is 4.98 Å². The molecule has 0 amide bonds. The summed E-state index contributed by atoms with van der Waals surface area (Å²) < 4.78 is 7.24. The number of aromatic nitrogens is 3. The topological polar surface area (TPSA) is 66.0 Å². The Morgan fingerprint density at radius 2 is 2.57 bits per heavy atom. The first-order valence-corrected chi connectivity index (χ1v) is 4.85. The fraction of sp³-hybridized carbons (Fsp3) is 0.778. The van der Waals surface area contributed by atoms with Gasteiger partial charge in [0.2, 0.25) is 0 Å². The third kappa shape index (κ3) is 1.53. The number of hydrogen-bond acceptors (Lipinski definition) is 4. The summed E-state index contributed by atoms with van der Waals surface area (Å²) in [5, 5.41) is 4.02. The van der Waals surface area contributed by atoms with Crippen molar-refractivity contribution >= 4 is 0 Å². The van der Waals surface area contributed by atoms with Crippen LogP contribution >= 0.6 is 0 Å². The zero-order valence-corrected chi connectivity index (χ0v) is 8.60. The molecule has 2 atom stereocenters. The summed E-state index contributed by atoms with van der Waals surface area (Å²) in [6, 6.07) is 0. The smallest absolute Gasteiger partial charge is 0.138 e. The Bertz CT molecular complexity index is 324. The highest BCUT2D eigenvalue weighted by atomic mass is 16.5. The van der Waals surface area contributed by atoms with Gasteiger partial charge in [0.05, 0.1) is 11.6 Å². The Kier molecular flexibility index (Phi) is 2.28. The molecule has 1 fully saturated rings. The van der Waals surface area contributed by atoms with Gasteiger partial charge in [0.25, 0.3) is 0 Å². The molecule has 2 N–H and O–H groups in total. The molecule has 2 unspecified atom stereocenters. The monoisotopic (exact) mass is 196 g/mol. The number of rotatable bonds is 2. The molecule has 14 heavy (non-hydrogen) atoms. The number of aryl methyl sites for hydroxylation is 1. The molecule has 2 rings (SSSR count). The maximum atomic E-state index is 6.26. The van der Waals surface area contributed by atoms with Crippen LogP contribution < -0.4 is 5.73 Å². The Morgan fingerprint density at radius 3 is 3.07 bits per heavy atom. The van der Waals surface area contributed by atoms with Crippen molar-refractivity contribution < 1.29 is 4.74 Å². The van der Waals surface area contributed by atoms with Crippen LogP contribution in [0.25, 0.3) is 0 Å². The third-order valence-electron chi connectivity index (χ3n) is 3.04. The number of hydrogen-bond donors (Lipinski definition) is 1. The molecule has 1 aromatic heterocycles. The molecule has 5 nitrogen and oxygen atoms in total. The molecule has 0 saturated carbocycles. The summed E-state index contributed by atoms with van der Waals surface area (Å²) in [7, 11) is 1.88. The fourth-order valence-electron chi connectivity index (χ4n) is 1.80. The van der Waals surface area contributed by atoms with Crippen molar-refractivity contribution in [3.05, 3.63) is 12.2 Å². The minimum absolute atomic E-state index is 0.0965. The van der Waals surface area contributed by atoms with Crippen molar-refractivity contribution in [2.75, 3.05) is 6.61 Å². The van der Waals surface area contributed by atoms with Crippen molar-refractivity contribution in [2.45, 2.75) is 31.4 Å². The highest BCUT2D eigenvalue weighted by Crippen LogP contribution is 2.26. The minimum atomic E-state index is -0.277. The van der Waals surface area contributed by atoms with Gasteiger partial charge in [-0.05, 0) is 13.3 Å². The zero-order valence-electron chi connectivity index (χ0n) is 8.60. The van der Waals surface area contributed by atoms with Crippen LogP contribution in [0.1, 0.15) is 19.2 Å². The molecular formula is C9H16N4O. The van der Waals surface area contributed by atoms with Crippen molar-refractivity contribution in [1.29, 1.82) is 0 Å². The van der Waals surface area contributed by atoms with Gasteiger partial charge < -0.3 is 10.5 Å². The average Bonchev–Trinajstić information content (AvgIpc) is 2.64. The molecule has 1 saturated heterocycles. The van der Waals surface area contributed by atoms with E-state index >= 15 is 0 Å². The molecule has 1 aliphatic rings. The molecule has 0 aliphatic carbocycles. The van der Waals surface area contributed by atoms with Crippen LogP contribution in [0.4, 0.5) is 0 Å². The van der Waals surface area contributed by atoms with E-state index in [9.17, 15) is 0 Å². The lowest BCUT2D eigenvalue weighted by Crippen LogP contribution is -2.48. The van der Waals surface area contributed by atoms with Crippen molar-refractivity contribution in [2.24, 2.45) is 12.8 Å². The van der Waals surface area contributed by atoms with E-state index in [1.54, 1.807) is 11.0 Å². The van der Waals surface area contributed by atoms with Crippen LogP contribution in [0.2, 0.25) is 0 Å². The lowest BCUT2D eigenvalue weighted by atomic mass is 9.89. The molecule has 78 valence electrons. The molecule has 1 aliphatic heterocycles. The van der Waals surface area contributed by atoms with E-state index in [1.807, 2.05) is 14.0 Å². The van der Waals surface area contributed by atoms with E-state index < -0.39 is 0 Å². The highest BCUT2D eigenvalue weighted by molar-refractivity contribution is 5.02. The maximum absolute atomic E-state index is 6.26. The highest BCUT2D eigenvalue weighted by Gasteiger charge is 2.38. The van der Waals surface area contributed by atoms with Gasteiger partial charge in [-0.2, -0.15) is 5.10 Å². The first-order valence-electron chi connectivity index (χ1n) is 4.85. The van der Waals surface area contributed by atoms with E-state index in [0.717, 1.165) is 25.3 Å². The van der Waals surface area contributed by atoms with Crippen LogP contribution in [0, 0.1) is 0 Å². The number of nitrogens with zero attached hydrogens (tertiary/aromatic N) is 3. The average molecular weight is 196 g/mol. The van der Waals surface area contributed by atoms with E-state index in [0.29, 0.717) is 0 Å². The van der Waals surface area contributed by atoms with Gasteiger partial charge >= 0.3 is 0 Å². The van der Waals surface area contributed by atoms with Crippen LogP contribution in [0.15, 0.2) is 6.33 Å². The van der Waals surface area contributed by atoms with Crippen molar-refractivity contribution in [3.63, 3.8) is 0 Å². The quantitative estimate of drug-likeness (QED) is 0.715. The summed E-state index contributed by atoms with van der Waals surface area (Å²) in [5.74, 6) is 0.921. The second-order valence-electron chi connectivity index (χ2n) is 3.97. The second kappa shape index (κ2) is 3.33.